The van der Waals surface area contributed by atoms with E-state index < -0.39 is 11.8 Å². The number of carbonyl (C=O) groups excluding carboxylic acids is 2. The van der Waals surface area contributed by atoms with Crippen molar-refractivity contribution in [1.29, 1.82) is 0 Å². The molecule has 7 nitrogen and oxygen atoms in total. The summed E-state index contributed by atoms with van der Waals surface area (Å²) in [5.74, 6) is -3.62. The number of anilines is 1. The van der Waals surface area contributed by atoms with Crippen molar-refractivity contribution in [3.05, 3.63) is 23.9 Å². The van der Waals surface area contributed by atoms with E-state index >= 15 is 0 Å². The number of rotatable bonds is 4. The molecular weight excluding hydrogens is 392 g/mol. The van der Waals surface area contributed by atoms with Gasteiger partial charge in [0, 0.05) is 42.5 Å². The van der Waals surface area contributed by atoms with Gasteiger partial charge in [-0.05, 0) is 44.2 Å². The third-order valence-corrected chi connectivity index (χ3v) is 7.18. The monoisotopic (exact) mass is 415 g/mol. The number of carbonyl (C=O) groups is 2. The molecule has 9 heteroatoms. The molecule has 1 saturated heterocycles. The van der Waals surface area contributed by atoms with Gasteiger partial charge < -0.3 is 4.90 Å². The van der Waals surface area contributed by atoms with Crippen LogP contribution in [0, 0.1) is 17.3 Å². The Hall–Kier alpha value is -2.58. The molecule has 0 radical (unpaired) electrons. The molecule has 3 aliphatic carbocycles. The molecule has 1 N–H and O–H groups in total. The van der Waals surface area contributed by atoms with Crippen LogP contribution in [0.4, 0.5) is 14.7 Å². The molecule has 1 aliphatic heterocycles. The molecule has 4 fully saturated rings. The highest BCUT2D eigenvalue weighted by molar-refractivity contribution is 5.92. The molecule has 3 saturated carbocycles. The fourth-order valence-corrected chi connectivity index (χ4v) is 5.21. The first-order valence-electron chi connectivity index (χ1n) is 10.7. The molecule has 2 amide bonds. The van der Waals surface area contributed by atoms with Gasteiger partial charge in [-0.1, -0.05) is 6.07 Å². The highest BCUT2D eigenvalue weighted by Gasteiger charge is 2.64. The number of likely N-dealkylation sites (tertiary alicyclic amines) is 1. The van der Waals surface area contributed by atoms with E-state index in [0.29, 0.717) is 24.7 Å². The van der Waals surface area contributed by atoms with Crippen LogP contribution in [0.5, 0.6) is 0 Å². The van der Waals surface area contributed by atoms with Crippen molar-refractivity contribution in [2.24, 2.45) is 17.3 Å². The van der Waals surface area contributed by atoms with Crippen molar-refractivity contribution in [2.45, 2.75) is 50.4 Å². The zero-order valence-corrected chi connectivity index (χ0v) is 16.5. The van der Waals surface area contributed by atoms with E-state index in [4.69, 9.17) is 0 Å². The van der Waals surface area contributed by atoms with Crippen LogP contribution in [-0.2, 0) is 9.59 Å². The summed E-state index contributed by atoms with van der Waals surface area (Å²) in [6.45, 7) is 1.15. The smallest absolute Gasteiger partial charge is 0.260 e. The van der Waals surface area contributed by atoms with Gasteiger partial charge in [-0.15, -0.1) is 5.10 Å². The van der Waals surface area contributed by atoms with Crippen LogP contribution in [0.25, 0.3) is 5.65 Å². The van der Waals surface area contributed by atoms with E-state index in [0.717, 1.165) is 37.8 Å². The quantitative estimate of drug-likeness (QED) is 0.833. The number of hydrogen-bond donors (Lipinski definition) is 1. The molecular formula is C21H23F2N5O2. The molecule has 0 aromatic carbocycles. The minimum absolute atomic E-state index is 0.0206. The summed E-state index contributed by atoms with van der Waals surface area (Å²) >= 11 is 0. The lowest BCUT2D eigenvalue weighted by Gasteiger charge is -2.48. The van der Waals surface area contributed by atoms with E-state index in [2.05, 4.69) is 15.4 Å². The maximum absolute atomic E-state index is 13.2. The number of amides is 2. The second kappa shape index (κ2) is 5.98. The largest absolute Gasteiger partial charge is 0.341 e. The molecule has 2 unspecified atom stereocenters. The topological polar surface area (TPSA) is 79.6 Å². The lowest BCUT2D eigenvalue weighted by molar-refractivity contribution is -0.147. The minimum Gasteiger partial charge on any atom is -0.341 e. The Bertz CT molecular complexity index is 1060. The molecule has 158 valence electrons. The van der Waals surface area contributed by atoms with Crippen molar-refractivity contribution < 1.29 is 18.4 Å². The predicted octanol–water partition coefficient (Wildman–Crippen LogP) is 2.83. The summed E-state index contributed by atoms with van der Waals surface area (Å²) in [5.41, 5.74) is 1.76. The van der Waals surface area contributed by atoms with E-state index in [-0.39, 0.29) is 35.5 Å². The van der Waals surface area contributed by atoms with Crippen molar-refractivity contribution in [2.75, 3.05) is 18.4 Å². The first-order chi connectivity index (χ1) is 14.3. The average molecular weight is 415 g/mol. The number of alkyl halides is 2. The summed E-state index contributed by atoms with van der Waals surface area (Å²) in [4.78, 5) is 30.3. The van der Waals surface area contributed by atoms with E-state index in [1.807, 2.05) is 18.2 Å². The molecule has 2 atom stereocenters. The summed E-state index contributed by atoms with van der Waals surface area (Å²) in [7, 11) is 0. The van der Waals surface area contributed by atoms with Crippen molar-refractivity contribution in [3.63, 3.8) is 0 Å². The molecule has 0 bridgehead atoms. The number of nitrogens with zero attached hydrogens (tertiary/aromatic N) is 4. The van der Waals surface area contributed by atoms with Gasteiger partial charge in [-0.3, -0.25) is 14.9 Å². The van der Waals surface area contributed by atoms with Gasteiger partial charge in [0.2, 0.25) is 17.8 Å². The van der Waals surface area contributed by atoms with Crippen molar-refractivity contribution >= 4 is 23.4 Å². The lowest BCUT2D eigenvalue weighted by atomic mass is 9.77. The Kier molecular flexibility index (Phi) is 3.63. The highest BCUT2D eigenvalue weighted by atomic mass is 19.3. The average Bonchev–Trinajstić information content (AvgIpc) is 3.53. The van der Waals surface area contributed by atoms with Crippen LogP contribution in [0.2, 0.25) is 0 Å². The van der Waals surface area contributed by atoms with Crippen LogP contribution in [0.1, 0.15) is 50.1 Å². The van der Waals surface area contributed by atoms with E-state index in [9.17, 15) is 18.4 Å². The number of halogens is 2. The number of pyridine rings is 1. The van der Waals surface area contributed by atoms with Crippen LogP contribution < -0.4 is 5.32 Å². The Morgan fingerprint density at radius 3 is 2.60 bits per heavy atom. The Morgan fingerprint density at radius 1 is 1.13 bits per heavy atom. The van der Waals surface area contributed by atoms with Crippen LogP contribution >= 0.6 is 0 Å². The number of nitrogens with one attached hydrogen (secondary N) is 1. The summed E-state index contributed by atoms with van der Waals surface area (Å²) in [6, 6.07) is 5.85. The summed E-state index contributed by atoms with van der Waals surface area (Å²) in [6.07, 6.45) is 4.38. The van der Waals surface area contributed by atoms with Crippen LogP contribution in [-0.4, -0.2) is 50.3 Å². The van der Waals surface area contributed by atoms with Crippen LogP contribution in [0.15, 0.2) is 18.2 Å². The molecule has 4 aliphatic rings. The molecule has 3 heterocycles. The maximum Gasteiger partial charge on any atom is 0.260 e. The van der Waals surface area contributed by atoms with Crippen LogP contribution in [0.3, 0.4) is 0 Å². The SMILES string of the molecule is O=C(Nc1nc2cccc(C3CCC4(C3)CN(C(=O)C3CC3(F)F)C4)n2n1)C1CC1. The lowest BCUT2D eigenvalue weighted by Crippen LogP contribution is -2.58. The Labute approximate surface area is 171 Å². The third kappa shape index (κ3) is 2.89. The second-order valence-corrected chi connectivity index (χ2v) is 9.57. The second-order valence-electron chi connectivity index (χ2n) is 9.57. The number of fused-ring (bicyclic) bond motifs is 1. The number of aromatic nitrogens is 3. The fraction of sp³-hybridized carbons (Fsp3) is 0.619. The van der Waals surface area contributed by atoms with E-state index in [1.54, 1.807) is 9.42 Å². The zero-order chi connectivity index (χ0) is 20.7. The minimum atomic E-state index is -2.80. The van der Waals surface area contributed by atoms with Gasteiger partial charge in [0.15, 0.2) is 5.65 Å². The maximum atomic E-state index is 13.2. The Morgan fingerprint density at radius 2 is 1.90 bits per heavy atom. The standard InChI is InChI=1S/C21H23F2N5O2/c22-21(23)9-14(21)18(30)27-10-20(11-27)7-6-13(8-20)15-2-1-3-16-24-19(26-28(15)16)25-17(29)12-4-5-12/h1-3,12-14H,4-11H2,(H,25,26,29). The normalized spacial score (nSPS) is 28.5. The zero-order valence-electron chi connectivity index (χ0n) is 16.5. The Balaban J connectivity index is 1.16. The molecule has 30 heavy (non-hydrogen) atoms. The molecule has 6 rings (SSSR count). The van der Waals surface area contributed by atoms with Gasteiger partial charge in [0.25, 0.3) is 5.92 Å². The molecule has 1 spiro atoms. The third-order valence-electron chi connectivity index (χ3n) is 7.18. The summed E-state index contributed by atoms with van der Waals surface area (Å²) in [5, 5.41) is 7.32. The van der Waals surface area contributed by atoms with Crippen molar-refractivity contribution in [1.82, 2.24) is 19.5 Å². The van der Waals surface area contributed by atoms with Crippen molar-refractivity contribution in [3.8, 4) is 0 Å². The molecule has 2 aromatic heterocycles. The van der Waals surface area contributed by atoms with Gasteiger partial charge in [0.1, 0.15) is 5.92 Å². The highest BCUT2D eigenvalue weighted by Crippen LogP contribution is 2.55. The summed E-state index contributed by atoms with van der Waals surface area (Å²) < 4.78 is 28.2. The van der Waals surface area contributed by atoms with Gasteiger partial charge in [0.05, 0.1) is 0 Å². The predicted molar refractivity (Wildman–Crippen MR) is 103 cm³/mol. The number of hydrogen-bond acceptors (Lipinski definition) is 4. The fourth-order valence-electron chi connectivity index (χ4n) is 5.21. The van der Waals surface area contributed by atoms with Gasteiger partial charge in [-0.2, -0.15) is 4.98 Å². The first-order valence-corrected chi connectivity index (χ1v) is 10.7. The molecule has 2 aromatic rings. The first kappa shape index (κ1) is 18.2. The van der Waals surface area contributed by atoms with Gasteiger partial charge in [-0.25, -0.2) is 13.3 Å². The van der Waals surface area contributed by atoms with Gasteiger partial charge >= 0.3 is 0 Å². The van der Waals surface area contributed by atoms with E-state index in [1.165, 1.54) is 0 Å².